The molecule has 0 amide bonds. The predicted molar refractivity (Wildman–Crippen MR) is 74.6 cm³/mol. The van der Waals surface area contributed by atoms with Crippen LogP contribution in [0.5, 0.6) is 0 Å². The molecule has 3 aromatic rings. The van der Waals surface area contributed by atoms with Crippen molar-refractivity contribution in [3.8, 4) is 11.3 Å². The van der Waals surface area contributed by atoms with E-state index >= 15 is 0 Å². The molecule has 0 aliphatic carbocycles. The highest BCUT2D eigenvalue weighted by atomic mass is 32.2. The van der Waals surface area contributed by atoms with Crippen molar-refractivity contribution in [3.63, 3.8) is 0 Å². The highest BCUT2D eigenvalue weighted by Gasteiger charge is 2.19. The first-order valence-electron chi connectivity index (χ1n) is 5.58. The Kier molecular flexibility index (Phi) is 2.96. The van der Waals surface area contributed by atoms with Crippen molar-refractivity contribution in [3.05, 3.63) is 60.1 Å². The first kappa shape index (κ1) is 12.1. The van der Waals surface area contributed by atoms with Gasteiger partial charge in [-0.05, 0) is 17.5 Å². The van der Waals surface area contributed by atoms with Gasteiger partial charge in [0, 0.05) is 11.8 Å². The highest BCUT2D eigenvalue weighted by molar-refractivity contribution is 7.91. The van der Waals surface area contributed by atoms with Gasteiger partial charge < -0.3 is 0 Å². The van der Waals surface area contributed by atoms with Crippen molar-refractivity contribution in [2.45, 2.75) is 4.21 Å². The van der Waals surface area contributed by atoms with Gasteiger partial charge in [0.15, 0.2) is 0 Å². The molecule has 0 aliphatic heterocycles. The first-order chi connectivity index (χ1) is 9.18. The molecule has 0 fully saturated rings. The number of hydrogen-bond acceptors (Lipinski definition) is 4. The van der Waals surface area contributed by atoms with E-state index in [2.05, 4.69) is 5.10 Å². The average molecular weight is 290 g/mol. The fourth-order valence-electron chi connectivity index (χ4n) is 1.71. The van der Waals surface area contributed by atoms with Gasteiger partial charge in [-0.25, -0.2) is 0 Å². The Bertz CT molecular complexity index is 775. The molecule has 0 atom stereocenters. The molecule has 0 bridgehead atoms. The summed E-state index contributed by atoms with van der Waals surface area (Å²) in [5.74, 6) is 0. The van der Waals surface area contributed by atoms with Crippen molar-refractivity contribution in [1.29, 1.82) is 0 Å². The van der Waals surface area contributed by atoms with Gasteiger partial charge in [0.2, 0.25) is 0 Å². The van der Waals surface area contributed by atoms with Crippen LogP contribution in [-0.4, -0.2) is 17.6 Å². The Morgan fingerprint density at radius 3 is 2.47 bits per heavy atom. The number of aromatic nitrogens is 2. The van der Waals surface area contributed by atoms with Crippen LogP contribution in [0.25, 0.3) is 11.3 Å². The Morgan fingerprint density at radius 2 is 1.79 bits per heavy atom. The summed E-state index contributed by atoms with van der Waals surface area (Å²) in [5, 5.41) is 5.87. The molecule has 2 aromatic heterocycles. The lowest BCUT2D eigenvalue weighted by Gasteiger charge is -2.00. The molecule has 4 nitrogen and oxygen atoms in total. The van der Waals surface area contributed by atoms with Gasteiger partial charge in [-0.2, -0.15) is 17.6 Å². The molecule has 0 unspecified atom stereocenters. The Hall–Kier alpha value is -1.92. The van der Waals surface area contributed by atoms with E-state index in [1.165, 1.54) is 17.5 Å². The molecule has 0 spiro atoms. The van der Waals surface area contributed by atoms with Crippen molar-refractivity contribution >= 4 is 21.4 Å². The summed E-state index contributed by atoms with van der Waals surface area (Å²) in [6.45, 7) is 0. The smallest absolute Gasteiger partial charge is 0.198 e. The van der Waals surface area contributed by atoms with Crippen molar-refractivity contribution in [2.75, 3.05) is 0 Å². The van der Waals surface area contributed by atoms with Gasteiger partial charge in [-0.1, -0.05) is 36.4 Å². The van der Waals surface area contributed by atoms with Crippen molar-refractivity contribution in [1.82, 2.24) is 9.19 Å². The number of benzene rings is 1. The van der Waals surface area contributed by atoms with Crippen LogP contribution in [0.3, 0.4) is 0 Å². The van der Waals surface area contributed by atoms with E-state index in [1.54, 1.807) is 23.6 Å². The molecule has 3 rings (SSSR count). The highest BCUT2D eigenvalue weighted by Crippen LogP contribution is 2.21. The zero-order chi connectivity index (χ0) is 13.3. The maximum Gasteiger partial charge on any atom is 0.292 e. The molecular formula is C13H10N2O2S2. The number of thiophene rings is 1. The predicted octanol–water partition coefficient (Wildman–Crippen LogP) is 2.85. The minimum Gasteiger partial charge on any atom is -0.198 e. The molecule has 0 saturated carbocycles. The Morgan fingerprint density at radius 1 is 1.00 bits per heavy atom. The molecule has 0 radical (unpaired) electrons. The molecule has 0 saturated heterocycles. The molecule has 96 valence electrons. The van der Waals surface area contributed by atoms with E-state index in [-0.39, 0.29) is 4.21 Å². The molecule has 19 heavy (non-hydrogen) atoms. The minimum atomic E-state index is -3.56. The monoisotopic (exact) mass is 290 g/mol. The topological polar surface area (TPSA) is 52.0 Å². The van der Waals surface area contributed by atoms with E-state index in [0.29, 0.717) is 5.69 Å². The summed E-state index contributed by atoms with van der Waals surface area (Å²) in [5.41, 5.74) is 1.53. The lowest BCUT2D eigenvalue weighted by atomic mass is 10.2. The SMILES string of the molecule is O=S(=O)(c1cccs1)n1ccc(-c2ccccc2)n1. The fourth-order valence-corrected chi connectivity index (χ4v) is 3.89. The summed E-state index contributed by atoms with van der Waals surface area (Å²) in [6, 6.07) is 14.4. The van der Waals surface area contributed by atoms with E-state index in [9.17, 15) is 8.42 Å². The van der Waals surface area contributed by atoms with Crippen LogP contribution in [0.1, 0.15) is 0 Å². The van der Waals surface area contributed by atoms with Crippen molar-refractivity contribution < 1.29 is 8.42 Å². The lowest BCUT2D eigenvalue weighted by Crippen LogP contribution is -2.12. The van der Waals surface area contributed by atoms with Crippen LogP contribution < -0.4 is 0 Å². The summed E-state index contributed by atoms with van der Waals surface area (Å²) < 4.78 is 25.8. The normalized spacial score (nSPS) is 11.6. The van der Waals surface area contributed by atoms with Crippen LogP contribution >= 0.6 is 11.3 Å². The summed E-state index contributed by atoms with van der Waals surface area (Å²) in [4.78, 5) is 0. The average Bonchev–Trinajstić information content (AvgIpc) is 3.12. The second-order valence-corrected chi connectivity index (χ2v) is 6.85. The zero-order valence-corrected chi connectivity index (χ0v) is 11.4. The third kappa shape index (κ3) is 2.20. The maximum atomic E-state index is 12.3. The van der Waals surface area contributed by atoms with Crippen LogP contribution in [-0.2, 0) is 10.0 Å². The first-order valence-corrected chi connectivity index (χ1v) is 7.90. The largest absolute Gasteiger partial charge is 0.292 e. The Balaban J connectivity index is 2.03. The van der Waals surface area contributed by atoms with Crippen LogP contribution in [0.2, 0.25) is 0 Å². The lowest BCUT2D eigenvalue weighted by molar-refractivity contribution is 0.582. The van der Waals surface area contributed by atoms with Crippen LogP contribution in [0, 0.1) is 0 Å². The molecule has 1 aromatic carbocycles. The van der Waals surface area contributed by atoms with Gasteiger partial charge >= 0.3 is 0 Å². The van der Waals surface area contributed by atoms with Crippen LogP contribution in [0.15, 0.2) is 64.3 Å². The quantitative estimate of drug-likeness (QED) is 0.745. The van der Waals surface area contributed by atoms with Crippen LogP contribution in [0.4, 0.5) is 0 Å². The second-order valence-electron chi connectivity index (χ2n) is 3.88. The minimum absolute atomic E-state index is 0.287. The number of hydrogen-bond donors (Lipinski definition) is 0. The fraction of sp³-hybridized carbons (Fsp3) is 0. The molecule has 0 aliphatic rings. The summed E-state index contributed by atoms with van der Waals surface area (Å²) in [6.07, 6.45) is 1.47. The van der Waals surface area contributed by atoms with E-state index < -0.39 is 10.0 Å². The van der Waals surface area contributed by atoms with Gasteiger partial charge in [-0.3, -0.25) is 0 Å². The van der Waals surface area contributed by atoms with E-state index in [1.807, 2.05) is 30.3 Å². The van der Waals surface area contributed by atoms with Gasteiger partial charge in [0.25, 0.3) is 10.0 Å². The maximum absolute atomic E-state index is 12.3. The zero-order valence-electron chi connectivity index (χ0n) is 9.80. The van der Waals surface area contributed by atoms with E-state index in [4.69, 9.17) is 0 Å². The molecule has 6 heteroatoms. The molecule has 0 N–H and O–H groups in total. The summed E-state index contributed by atoms with van der Waals surface area (Å²) in [7, 11) is -3.56. The number of rotatable bonds is 3. The molecule has 2 heterocycles. The molecular weight excluding hydrogens is 280 g/mol. The standard InChI is InChI=1S/C13H10N2O2S2/c16-19(17,13-7-4-10-18-13)15-9-8-12(14-15)11-5-2-1-3-6-11/h1-10H. The summed E-state index contributed by atoms with van der Waals surface area (Å²) >= 11 is 1.18. The second kappa shape index (κ2) is 4.64. The van der Waals surface area contributed by atoms with Gasteiger partial charge in [0.05, 0.1) is 5.69 Å². The van der Waals surface area contributed by atoms with E-state index in [0.717, 1.165) is 9.65 Å². The Labute approximate surface area is 115 Å². The third-order valence-electron chi connectivity index (χ3n) is 2.63. The third-order valence-corrected chi connectivity index (χ3v) is 5.55. The van der Waals surface area contributed by atoms with Crippen molar-refractivity contribution in [2.24, 2.45) is 0 Å². The van der Waals surface area contributed by atoms with Gasteiger partial charge in [0.1, 0.15) is 4.21 Å². The van der Waals surface area contributed by atoms with Gasteiger partial charge in [-0.15, -0.1) is 11.3 Å². The number of nitrogens with zero attached hydrogens (tertiary/aromatic N) is 2.